The number of hydrogen-bond acceptors (Lipinski definition) is 2. The second-order valence-corrected chi connectivity index (χ2v) is 5.93. The van der Waals surface area contributed by atoms with E-state index >= 15 is 0 Å². The summed E-state index contributed by atoms with van der Waals surface area (Å²) in [5.74, 6) is 1.29. The fourth-order valence-corrected chi connectivity index (χ4v) is 3.43. The molecule has 4 heteroatoms. The van der Waals surface area contributed by atoms with Crippen molar-refractivity contribution in [3.8, 4) is 5.75 Å². The normalized spacial score (nSPS) is 21.5. The van der Waals surface area contributed by atoms with Crippen molar-refractivity contribution in [2.75, 3.05) is 5.33 Å². The summed E-state index contributed by atoms with van der Waals surface area (Å²) in [7, 11) is 0. The summed E-state index contributed by atoms with van der Waals surface area (Å²) in [6.07, 6.45) is 0.159. The molecule has 1 aliphatic heterocycles. The molecule has 19 heavy (non-hydrogen) atoms. The number of nitrogens with one attached hydrogen (secondary N) is 1. The largest absolute Gasteiger partial charge is 0.488 e. The van der Waals surface area contributed by atoms with Crippen molar-refractivity contribution in [2.24, 2.45) is 0 Å². The molecule has 3 rings (SSSR count). The van der Waals surface area contributed by atoms with Crippen LogP contribution in [-0.4, -0.2) is 16.4 Å². The van der Waals surface area contributed by atoms with Crippen LogP contribution in [0.5, 0.6) is 5.75 Å². The Bertz CT molecular complexity index is 720. The van der Waals surface area contributed by atoms with Gasteiger partial charge in [0.2, 0.25) is 0 Å². The topological polar surface area (TPSA) is 42.1 Å². The number of H-pyrrole nitrogens is 1. The lowest BCUT2D eigenvalue weighted by Crippen LogP contribution is -2.17. The number of aromatic nitrogens is 1. The maximum Gasteiger partial charge on any atom is 0.251 e. The molecular weight excluding hydrogens is 306 g/mol. The van der Waals surface area contributed by atoms with Crippen molar-refractivity contribution in [3.63, 3.8) is 0 Å². The van der Waals surface area contributed by atoms with E-state index < -0.39 is 0 Å². The fraction of sp³-hybridized carbons (Fsp3) is 0.400. The number of aryl methyl sites for hydroxylation is 2. The second kappa shape index (κ2) is 4.37. The van der Waals surface area contributed by atoms with E-state index in [-0.39, 0.29) is 11.7 Å². The maximum atomic E-state index is 11.8. The first kappa shape index (κ1) is 12.7. The van der Waals surface area contributed by atoms with Gasteiger partial charge in [-0.25, -0.2) is 0 Å². The van der Waals surface area contributed by atoms with Crippen molar-refractivity contribution in [1.82, 2.24) is 4.98 Å². The van der Waals surface area contributed by atoms with Crippen LogP contribution in [-0.2, 0) is 0 Å². The van der Waals surface area contributed by atoms with Gasteiger partial charge in [0.15, 0.2) is 0 Å². The number of pyridine rings is 1. The molecule has 2 unspecified atom stereocenters. The predicted molar refractivity (Wildman–Crippen MR) is 80.7 cm³/mol. The van der Waals surface area contributed by atoms with Gasteiger partial charge in [0, 0.05) is 27.8 Å². The van der Waals surface area contributed by atoms with Crippen LogP contribution in [0.4, 0.5) is 0 Å². The van der Waals surface area contributed by atoms with Crippen LogP contribution in [0, 0.1) is 13.8 Å². The SMILES string of the molecule is Cc1cc2c3c(cc(C)c2[nH]c1=O)C(C)C(CBr)O3. The molecular formula is C15H16BrNO2. The van der Waals surface area contributed by atoms with Crippen LogP contribution in [0.3, 0.4) is 0 Å². The average Bonchev–Trinajstić information content (AvgIpc) is 2.69. The molecule has 0 amide bonds. The van der Waals surface area contributed by atoms with E-state index in [0.29, 0.717) is 5.92 Å². The monoisotopic (exact) mass is 321 g/mol. The van der Waals surface area contributed by atoms with Crippen molar-refractivity contribution in [3.05, 3.63) is 39.2 Å². The molecule has 2 heterocycles. The minimum atomic E-state index is -0.0290. The van der Waals surface area contributed by atoms with Crippen LogP contribution in [0.25, 0.3) is 10.9 Å². The smallest absolute Gasteiger partial charge is 0.251 e. The summed E-state index contributed by atoms with van der Waals surface area (Å²) < 4.78 is 6.06. The lowest BCUT2D eigenvalue weighted by atomic mass is 9.94. The van der Waals surface area contributed by atoms with Gasteiger partial charge in [0.1, 0.15) is 11.9 Å². The number of ether oxygens (including phenoxy) is 1. The Balaban J connectivity index is 2.36. The number of aromatic amines is 1. The number of alkyl halides is 1. The van der Waals surface area contributed by atoms with Gasteiger partial charge in [-0.05, 0) is 31.5 Å². The maximum absolute atomic E-state index is 11.8. The highest BCUT2D eigenvalue weighted by Gasteiger charge is 2.32. The first-order valence-corrected chi connectivity index (χ1v) is 7.54. The Hall–Kier alpha value is -1.29. The van der Waals surface area contributed by atoms with Gasteiger partial charge in [-0.3, -0.25) is 4.79 Å². The third-order valence-corrected chi connectivity index (χ3v) is 4.61. The number of benzene rings is 1. The van der Waals surface area contributed by atoms with E-state index in [9.17, 15) is 4.79 Å². The summed E-state index contributed by atoms with van der Waals surface area (Å²) >= 11 is 3.50. The van der Waals surface area contributed by atoms with Crippen molar-refractivity contribution in [1.29, 1.82) is 0 Å². The predicted octanol–water partition coefficient (Wildman–Crippen LogP) is 3.40. The molecule has 2 aromatic rings. The first-order chi connectivity index (χ1) is 9.02. The minimum absolute atomic E-state index is 0.0290. The van der Waals surface area contributed by atoms with Crippen LogP contribution in [0.15, 0.2) is 16.9 Å². The fourth-order valence-electron chi connectivity index (χ4n) is 2.74. The second-order valence-electron chi connectivity index (χ2n) is 5.28. The molecule has 3 nitrogen and oxygen atoms in total. The summed E-state index contributed by atoms with van der Waals surface area (Å²) in [5.41, 5.74) is 3.91. The van der Waals surface area contributed by atoms with Crippen LogP contribution in [0.1, 0.15) is 29.5 Å². The van der Waals surface area contributed by atoms with Gasteiger partial charge < -0.3 is 9.72 Å². The molecule has 0 spiro atoms. The molecule has 0 bridgehead atoms. The zero-order chi connectivity index (χ0) is 13.7. The van der Waals surface area contributed by atoms with Crippen molar-refractivity contribution in [2.45, 2.75) is 32.8 Å². The number of rotatable bonds is 1. The zero-order valence-electron chi connectivity index (χ0n) is 11.2. The molecule has 1 aromatic carbocycles. The molecule has 0 saturated carbocycles. The summed E-state index contributed by atoms with van der Waals surface area (Å²) in [5, 5.41) is 1.83. The number of fused-ring (bicyclic) bond motifs is 3. The minimum Gasteiger partial charge on any atom is -0.488 e. The van der Waals surface area contributed by atoms with E-state index in [1.807, 2.05) is 19.9 Å². The third kappa shape index (κ3) is 1.81. The molecule has 0 fully saturated rings. The van der Waals surface area contributed by atoms with E-state index in [0.717, 1.165) is 33.1 Å². The molecule has 2 atom stereocenters. The Kier molecular flexibility index (Phi) is 2.93. The van der Waals surface area contributed by atoms with Gasteiger partial charge >= 0.3 is 0 Å². The molecule has 1 aromatic heterocycles. The van der Waals surface area contributed by atoms with Crippen LogP contribution < -0.4 is 10.3 Å². The zero-order valence-corrected chi connectivity index (χ0v) is 12.8. The summed E-state index contributed by atoms with van der Waals surface area (Å²) in [4.78, 5) is 14.7. The van der Waals surface area contributed by atoms with Gasteiger partial charge in [0.25, 0.3) is 5.56 Å². The Labute approximate surface area is 120 Å². The standard InChI is InChI=1S/C15H16BrNO2/c1-7-4-10-9(3)12(6-16)19-14(10)11-5-8(2)15(18)17-13(7)11/h4-5,9,12H,6H2,1-3H3,(H,17,18). The van der Waals surface area contributed by atoms with E-state index in [4.69, 9.17) is 4.74 Å². The molecule has 100 valence electrons. The molecule has 0 aliphatic carbocycles. The average molecular weight is 322 g/mol. The number of hydrogen-bond donors (Lipinski definition) is 1. The molecule has 1 aliphatic rings. The highest BCUT2D eigenvalue weighted by atomic mass is 79.9. The molecule has 0 radical (unpaired) electrons. The highest BCUT2D eigenvalue weighted by Crippen LogP contribution is 2.43. The summed E-state index contributed by atoms with van der Waals surface area (Å²) in [6, 6.07) is 4.07. The Morgan fingerprint density at radius 1 is 1.32 bits per heavy atom. The van der Waals surface area contributed by atoms with Crippen molar-refractivity contribution >= 4 is 26.8 Å². The van der Waals surface area contributed by atoms with Gasteiger partial charge in [0.05, 0.1) is 5.52 Å². The van der Waals surface area contributed by atoms with Gasteiger partial charge in [-0.1, -0.05) is 22.9 Å². The van der Waals surface area contributed by atoms with E-state index in [1.54, 1.807) is 0 Å². The third-order valence-electron chi connectivity index (χ3n) is 3.97. The highest BCUT2D eigenvalue weighted by molar-refractivity contribution is 9.09. The van der Waals surface area contributed by atoms with Gasteiger partial charge in [-0.15, -0.1) is 0 Å². The van der Waals surface area contributed by atoms with E-state index in [1.165, 1.54) is 5.56 Å². The van der Waals surface area contributed by atoms with Crippen LogP contribution in [0.2, 0.25) is 0 Å². The lowest BCUT2D eigenvalue weighted by molar-refractivity contribution is 0.241. The summed E-state index contributed by atoms with van der Waals surface area (Å²) in [6.45, 7) is 6.04. The van der Waals surface area contributed by atoms with Crippen molar-refractivity contribution < 1.29 is 4.74 Å². The molecule has 1 N–H and O–H groups in total. The van der Waals surface area contributed by atoms with Gasteiger partial charge in [-0.2, -0.15) is 0 Å². The lowest BCUT2D eigenvalue weighted by Gasteiger charge is -2.11. The Morgan fingerprint density at radius 3 is 2.74 bits per heavy atom. The Morgan fingerprint density at radius 2 is 2.05 bits per heavy atom. The first-order valence-electron chi connectivity index (χ1n) is 6.42. The van der Waals surface area contributed by atoms with E-state index in [2.05, 4.69) is 33.9 Å². The van der Waals surface area contributed by atoms with Crippen LogP contribution >= 0.6 is 15.9 Å². The number of halogens is 1. The quantitative estimate of drug-likeness (QED) is 0.818. The molecule has 0 saturated heterocycles.